The van der Waals surface area contributed by atoms with Gasteiger partial charge in [-0.15, -0.1) is 0 Å². The molecule has 2 saturated heterocycles. The van der Waals surface area contributed by atoms with E-state index < -0.39 is 12.1 Å². The van der Waals surface area contributed by atoms with Gasteiger partial charge < -0.3 is 20.5 Å². The van der Waals surface area contributed by atoms with Gasteiger partial charge in [0.15, 0.2) is 5.78 Å². The first-order valence-electron chi connectivity index (χ1n) is 13.6. The Balaban J connectivity index is 1.24. The van der Waals surface area contributed by atoms with Gasteiger partial charge in [-0.05, 0) is 68.6 Å². The topological polar surface area (TPSA) is 111 Å². The summed E-state index contributed by atoms with van der Waals surface area (Å²) < 4.78 is 0. The molecule has 4 aliphatic rings. The summed E-state index contributed by atoms with van der Waals surface area (Å²) in [5.41, 5.74) is 0.910. The molecule has 5 atom stereocenters. The highest BCUT2D eigenvalue weighted by atomic mass is 35.5. The van der Waals surface area contributed by atoms with E-state index in [4.69, 9.17) is 23.2 Å². The molecule has 2 saturated carbocycles. The van der Waals surface area contributed by atoms with Gasteiger partial charge in [-0.3, -0.25) is 19.2 Å². The van der Waals surface area contributed by atoms with Crippen molar-refractivity contribution in [1.82, 2.24) is 20.5 Å². The van der Waals surface area contributed by atoms with E-state index in [1.165, 1.54) is 0 Å². The van der Waals surface area contributed by atoms with Crippen molar-refractivity contribution in [3.05, 3.63) is 33.9 Å². The van der Waals surface area contributed by atoms with Crippen molar-refractivity contribution in [2.24, 2.45) is 17.8 Å². The summed E-state index contributed by atoms with van der Waals surface area (Å²) in [6, 6.07) is 3.64. The summed E-state index contributed by atoms with van der Waals surface area (Å²) >= 11 is 12.5. The minimum Gasteiger partial charge on any atom is -0.350 e. The molecule has 3 heterocycles. The molecule has 1 aromatic heterocycles. The number of hydrogen-bond acceptors (Lipinski definition) is 4. The molecule has 0 radical (unpaired) electrons. The highest BCUT2D eigenvalue weighted by Crippen LogP contribution is 2.46. The molecule has 8 nitrogen and oxygen atoms in total. The molecule has 3 N–H and O–H groups in total. The Hall–Kier alpha value is -2.58. The van der Waals surface area contributed by atoms with Crippen molar-refractivity contribution in [3.63, 3.8) is 0 Å². The number of H-pyrrole nitrogens is 1. The molecule has 4 fully saturated rings. The van der Waals surface area contributed by atoms with Gasteiger partial charge in [0.2, 0.25) is 11.8 Å². The molecule has 1 spiro atoms. The fraction of sp³-hybridized carbons (Fsp3) is 0.571. The van der Waals surface area contributed by atoms with Gasteiger partial charge in [0, 0.05) is 40.3 Å². The van der Waals surface area contributed by atoms with Crippen molar-refractivity contribution in [2.45, 2.75) is 75.9 Å². The fourth-order valence-electron chi connectivity index (χ4n) is 6.99. The predicted molar refractivity (Wildman–Crippen MR) is 144 cm³/mol. The molecule has 6 rings (SSSR count). The predicted octanol–water partition coefficient (Wildman–Crippen LogP) is 4.24. The highest BCUT2D eigenvalue weighted by Gasteiger charge is 2.53. The Bertz CT molecular complexity index is 1340. The summed E-state index contributed by atoms with van der Waals surface area (Å²) in [6.45, 7) is 2.26. The Kier molecular flexibility index (Phi) is 6.46. The van der Waals surface area contributed by atoms with Gasteiger partial charge in [-0.25, -0.2) is 0 Å². The third-order valence-electron chi connectivity index (χ3n) is 9.13. The van der Waals surface area contributed by atoms with Crippen molar-refractivity contribution < 1.29 is 19.2 Å². The number of hydrogen-bond donors (Lipinski definition) is 3. The van der Waals surface area contributed by atoms with Crippen molar-refractivity contribution >= 4 is 57.6 Å². The second kappa shape index (κ2) is 9.56. The first-order valence-corrected chi connectivity index (χ1v) is 14.4. The van der Waals surface area contributed by atoms with Gasteiger partial charge in [0.05, 0.1) is 11.1 Å². The van der Waals surface area contributed by atoms with E-state index in [-0.39, 0.29) is 53.2 Å². The number of ketones is 1. The standard InChI is InChI=1S/C28H32Cl2N4O4/c1-2-23(35)21(8-15-12-28(6-7-28)33-25(15)36)32-26(37)24-17-5-3-4-14(17)13-34(24)27(38)22-11-18-19(30)9-16(29)10-20(18)31-22/h9-11,14-15,17,21,24,31H,2-8,12-13H2,1H3,(H,32,37)(H,33,36). The number of aromatic nitrogens is 1. The molecule has 2 aliphatic heterocycles. The summed E-state index contributed by atoms with van der Waals surface area (Å²) in [7, 11) is 0. The van der Waals surface area contributed by atoms with E-state index >= 15 is 0 Å². The molecule has 38 heavy (non-hydrogen) atoms. The van der Waals surface area contributed by atoms with Crippen LogP contribution in [0.1, 0.15) is 68.8 Å². The number of amides is 3. The lowest BCUT2D eigenvalue weighted by Crippen LogP contribution is -2.53. The molecular formula is C28H32Cl2N4O4. The lowest BCUT2D eigenvalue weighted by Gasteiger charge is -2.29. The molecule has 3 amide bonds. The summed E-state index contributed by atoms with van der Waals surface area (Å²) in [5, 5.41) is 7.66. The zero-order valence-electron chi connectivity index (χ0n) is 21.3. The number of carbonyl (C=O) groups excluding carboxylic acids is 4. The molecule has 0 bridgehead atoms. The van der Waals surface area contributed by atoms with Crippen LogP contribution in [0.4, 0.5) is 0 Å². The fourth-order valence-corrected chi connectivity index (χ4v) is 7.54. The zero-order valence-corrected chi connectivity index (χ0v) is 22.8. The third kappa shape index (κ3) is 4.49. The maximum Gasteiger partial charge on any atom is 0.271 e. The quantitative estimate of drug-likeness (QED) is 0.471. The highest BCUT2D eigenvalue weighted by molar-refractivity contribution is 6.38. The third-order valence-corrected chi connectivity index (χ3v) is 9.66. The molecule has 202 valence electrons. The lowest BCUT2D eigenvalue weighted by atomic mass is 9.91. The number of nitrogens with zero attached hydrogens (tertiary/aromatic N) is 1. The van der Waals surface area contributed by atoms with Crippen molar-refractivity contribution in [1.29, 1.82) is 0 Å². The monoisotopic (exact) mass is 558 g/mol. The van der Waals surface area contributed by atoms with E-state index in [1.54, 1.807) is 30.0 Å². The van der Waals surface area contributed by atoms with Crippen LogP contribution in [0.15, 0.2) is 18.2 Å². The number of nitrogens with one attached hydrogen (secondary N) is 3. The van der Waals surface area contributed by atoms with Gasteiger partial charge in [-0.1, -0.05) is 36.5 Å². The van der Waals surface area contributed by atoms with Crippen molar-refractivity contribution in [3.8, 4) is 0 Å². The Morgan fingerprint density at radius 1 is 1.18 bits per heavy atom. The SMILES string of the molecule is CCC(=O)C(CC1CC2(CC2)NC1=O)NC(=O)C1C2CCCC2CN1C(=O)c1cc2c(Cl)cc(Cl)cc2[nH]1. The van der Waals surface area contributed by atoms with Crippen LogP contribution in [-0.2, 0) is 14.4 Å². The largest absolute Gasteiger partial charge is 0.350 e. The number of fused-ring (bicyclic) bond motifs is 2. The zero-order chi connectivity index (χ0) is 26.8. The van der Waals surface area contributed by atoms with Crippen LogP contribution in [0.25, 0.3) is 10.9 Å². The van der Waals surface area contributed by atoms with Gasteiger partial charge in [0.25, 0.3) is 5.91 Å². The summed E-state index contributed by atoms with van der Waals surface area (Å²) in [6.07, 6.45) is 6.06. The molecule has 5 unspecified atom stereocenters. The Morgan fingerprint density at radius 3 is 2.68 bits per heavy atom. The summed E-state index contributed by atoms with van der Waals surface area (Å²) in [5.74, 6) is -0.707. The maximum absolute atomic E-state index is 13.8. The smallest absolute Gasteiger partial charge is 0.271 e. The average Bonchev–Trinajstić information content (AvgIpc) is 3.24. The van der Waals surface area contributed by atoms with E-state index in [0.29, 0.717) is 46.0 Å². The van der Waals surface area contributed by atoms with Crippen LogP contribution in [0, 0.1) is 17.8 Å². The molecule has 2 aliphatic carbocycles. The average molecular weight is 559 g/mol. The summed E-state index contributed by atoms with van der Waals surface area (Å²) in [4.78, 5) is 57.8. The van der Waals surface area contributed by atoms with Crippen LogP contribution >= 0.6 is 23.2 Å². The normalized spacial score (nSPS) is 28.0. The number of aromatic amines is 1. The van der Waals surface area contributed by atoms with Crippen molar-refractivity contribution in [2.75, 3.05) is 6.54 Å². The van der Waals surface area contributed by atoms with Crippen LogP contribution in [0.2, 0.25) is 10.0 Å². The van der Waals surface area contributed by atoms with Crippen LogP contribution in [-0.4, -0.2) is 57.6 Å². The van der Waals surface area contributed by atoms with Crippen LogP contribution in [0.5, 0.6) is 0 Å². The number of rotatable bonds is 7. The van der Waals surface area contributed by atoms with Gasteiger partial charge in [-0.2, -0.15) is 0 Å². The van der Waals surface area contributed by atoms with E-state index in [0.717, 1.165) is 32.1 Å². The molecule has 2 aromatic rings. The van der Waals surface area contributed by atoms with Gasteiger partial charge >= 0.3 is 0 Å². The maximum atomic E-state index is 13.8. The van der Waals surface area contributed by atoms with E-state index in [1.807, 2.05) is 0 Å². The van der Waals surface area contributed by atoms with E-state index in [2.05, 4.69) is 15.6 Å². The number of likely N-dealkylation sites (tertiary alicyclic amines) is 1. The van der Waals surface area contributed by atoms with E-state index in [9.17, 15) is 19.2 Å². The number of Topliss-reactive ketones (excluding diaryl/α,β-unsaturated/α-hetero) is 1. The van der Waals surface area contributed by atoms with Crippen LogP contribution < -0.4 is 10.6 Å². The second-order valence-electron chi connectivity index (χ2n) is 11.6. The first-order chi connectivity index (χ1) is 18.2. The number of carbonyl (C=O) groups is 4. The Morgan fingerprint density at radius 2 is 1.97 bits per heavy atom. The number of halogens is 2. The minimum atomic E-state index is -0.747. The van der Waals surface area contributed by atoms with Gasteiger partial charge in [0.1, 0.15) is 11.7 Å². The Labute approximate surface area is 231 Å². The lowest BCUT2D eigenvalue weighted by molar-refractivity contribution is -0.132. The number of benzene rings is 1. The molecule has 10 heteroatoms. The second-order valence-corrected chi connectivity index (χ2v) is 12.4. The first kappa shape index (κ1) is 25.7. The minimum absolute atomic E-state index is 0.0308. The molecule has 1 aromatic carbocycles. The van der Waals surface area contributed by atoms with Crippen LogP contribution in [0.3, 0.4) is 0 Å². The molecular weight excluding hydrogens is 527 g/mol.